The lowest BCUT2D eigenvalue weighted by atomic mass is 10.0. The van der Waals surface area contributed by atoms with Crippen molar-refractivity contribution in [2.45, 2.75) is 66.5 Å². The van der Waals surface area contributed by atoms with Gasteiger partial charge in [-0.25, -0.2) is 4.39 Å². The summed E-state index contributed by atoms with van der Waals surface area (Å²) < 4.78 is 13.3. The molecule has 0 aliphatic carbocycles. The fourth-order valence-corrected chi connectivity index (χ4v) is 2.15. The van der Waals surface area contributed by atoms with E-state index in [1.54, 1.807) is 6.92 Å². The molecule has 0 heterocycles. The predicted octanol–water partition coefficient (Wildman–Crippen LogP) is 5.11. The molecule has 0 bridgehead atoms. The second kappa shape index (κ2) is 20.9. The van der Waals surface area contributed by atoms with E-state index in [4.69, 9.17) is 21.7 Å². The minimum Gasteiger partial charge on any atom is -0.396 e. The van der Waals surface area contributed by atoms with Gasteiger partial charge in [-0.15, -0.1) is 0 Å². The molecule has 0 aliphatic rings. The molecule has 2 atom stereocenters. The first-order valence-corrected chi connectivity index (χ1v) is 10.3. The Morgan fingerprint density at radius 2 is 1.62 bits per heavy atom. The normalized spacial score (nSPS) is 12.4. The highest BCUT2D eigenvalue weighted by Gasteiger charge is 2.11. The standard InChI is InChI=1S/C10H16FNO.C10H15NO.2C2H6/c1-4-8(9(12)5-6-13)10(11)7(2)3;1-8-3-2-4-9(7-8)10(11)5-6-12;2*1-2/h4,9,13H,1-2,5-6,12H2,3H3;2-4,7,10,12H,5-6,11H2,1H3;2*1-2H3/b10-8-;;;. The second-order valence-electron chi connectivity index (χ2n) is 5.91. The second-order valence-corrected chi connectivity index (χ2v) is 5.91. The molecule has 1 aromatic rings. The van der Waals surface area contributed by atoms with E-state index in [2.05, 4.69) is 19.2 Å². The Balaban J connectivity index is -0.000000398. The number of aliphatic hydroxyl groups excluding tert-OH is 2. The van der Waals surface area contributed by atoms with Gasteiger partial charge in [-0.05, 0) is 37.8 Å². The number of aryl methyl sites for hydroxylation is 1. The Hall–Kier alpha value is -1.79. The van der Waals surface area contributed by atoms with Gasteiger partial charge in [-0.3, -0.25) is 0 Å². The van der Waals surface area contributed by atoms with E-state index < -0.39 is 11.9 Å². The summed E-state index contributed by atoms with van der Waals surface area (Å²) in [7, 11) is 0. The molecule has 0 aliphatic heterocycles. The summed E-state index contributed by atoms with van der Waals surface area (Å²) in [5.74, 6) is -0.434. The lowest BCUT2D eigenvalue weighted by Gasteiger charge is -2.12. The van der Waals surface area contributed by atoms with E-state index >= 15 is 0 Å². The number of rotatable bonds is 8. The van der Waals surface area contributed by atoms with Crippen LogP contribution in [0.4, 0.5) is 4.39 Å². The summed E-state index contributed by atoms with van der Waals surface area (Å²) in [5.41, 5.74) is 14.4. The SMILES string of the molecule is C=C/C(=C(/F)C(=C)C)C(N)CCO.CC.CC.Cc1cccc(C(N)CCO)c1. The first-order chi connectivity index (χ1) is 13.8. The number of hydrogen-bond donors (Lipinski definition) is 4. The average molecular weight is 411 g/mol. The fourth-order valence-electron chi connectivity index (χ4n) is 2.15. The molecule has 168 valence electrons. The molecule has 0 saturated heterocycles. The molecule has 0 amide bonds. The van der Waals surface area contributed by atoms with Gasteiger partial charge in [0, 0.05) is 30.9 Å². The molecule has 0 radical (unpaired) electrons. The predicted molar refractivity (Wildman–Crippen MR) is 125 cm³/mol. The van der Waals surface area contributed by atoms with Gasteiger partial charge in [0.15, 0.2) is 0 Å². The Kier molecular flexibility index (Phi) is 23.0. The molecule has 1 rings (SSSR count). The molecule has 0 fully saturated rings. The molecule has 1 aromatic carbocycles. The largest absolute Gasteiger partial charge is 0.396 e. The van der Waals surface area contributed by atoms with E-state index in [0.29, 0.717) is 24.0 Å². The smallest absolute Gasteiger partial charge is 0.130 e. The molecular formula is C24H43FN2O2. The Bertz CT molecular complexity index is 586. The van der Waals surface area contributed by atoms with Crippen molar-refractivity contribution < 1.29 is 14.6 Å². The molecule has 4 nitrogen and oxygen atoms in total. The van der Waals surface area contributed by atoms with E-state index in [1.165, 1.54) is 11.6 Å². The molecule has 29 heavy (non-hydrogen) atoms. The number of benzene rings is 1. The molecule has 6 N–H and O–H groups in total. The van der Waals surface area contributed by atoms with Crippen LogP contribution in [0.1, 0.15) is 64.6 Å². The summed E-state index contributed by atoms with van der Waals surface area (Å²) in [6, 6.07) is 7.53. The first-order valence-electron chi connectivity index (χ1n) is 10.3. The molecule has 5 heteroatoms. The van der Waals surface area contributed by atoms with E-state index in [1.807, 2.05) is 52.8 Å². The molecule has 0 spiro atoms. The topological polar surface area (TPSA) is 92.5 Å². The zero-order valence-corrected chi connectivity index (χ0v) is 19.2. The molecule has 2 unspecified atom stereocenters. The van der Waals surface area contributed by atoms with Crippen LogP contribution in [0.25, 0.3) is 0 Å². The average Bonchev–Trinajstić information content (AvgIpc) is 2.72. The van der Waals surface area contributed by atoms with Crippen molar-refractivity contribution in [3.05, 3.63) is 71.6 Å². The number of allylic oxidation sites excluding steroid dienone is 2. The highest BCUT2D eigenvalue weighted by Crippen LogP contribution is 2.18. The van der Waals surface area contributed by atoms with Crippen LogP contribution in [0.2, 0.25) is 0 Å². The van der Waals surface area contributed by atoms with Gasteiger partial charge in [0.25, 0.3) is 0 Å². The minimum atomic E-state index is -0.515. The van der Waals surface area contributed by atoms with Crippen molar-refractivity contribution >= 4 is 0 Å². The van der Waals surface area contributed by atoms with Crippen LogP contribution in [0.15, 0.2) is 60.5 Å². The first kappa shape index (κ1) is 31.9. The van der Waals surface area contributed by atoms with Crippen molar-refractivity contribution in [2.24, 2.45) is 11.5 Å². The third-order valence-electron chi connectivity index (χ3n) is 3.60. The van der Waals surface area contributed by atoms with E-state index in [9.17, 15) is 4.39 Å². The van der Waals surface area contributed by atoms with Crippen LogP contribution in [-0.2, 0) is 0 Å². The Morgan fingerprint density at radius 1 is 1.10 bits per heavy atom. The third-order valence-corrected chi connectivity index (χ3v) is 3.60. The number of hydrogen-bond acceptors (Lipinski definition) is 4. The lowest BCUT2D eigenvalue weighted by Crippen LogP contribution is -2.24. The van der Waals surface area contributed by atoms with Crippen molar-refractivity contribution in [3.8, 4) is 0 Å². The summed E-state index contributed by atoms with van der Waals surface area (Å²) in [5, 5.41) is 17.3. The van der Waals surface area contributed by atoms with Gasteiger partial charge >= 0.3 is 0 Å². The fraction of sp³-hybridized carbons (Fsp3) is 0.500. The van der Waals surface area contributed by atoms with Gasteiger partial charge in [0.05, 0.1) is 0 Å². The maximum absolute atomic E-state index is 13.3. The van der Waals surface area contributed by atoms with Crippen molar-refractivity contribution in [1.82, 2.24) is 0 Å². The van der Waals surface area contributed by atoms with Crippen molar-refractivity contribution in [2.75, 3.05) is 13.2 Å². The molecule has 0 aromatic heterocycles. The van der Waals surface area contributed by atoms with Crippen LogP contribution in [-0.4, -0.2) is 29.5 Å². The molecule has 0 saturated carbocycles. The third kappa shape index (κ3) is 14.8. The monoisotopic (exact) mass is 410 g/mol. The molecular weight excluding hydrogens is 367 g/mol. The zero-order chi connectivity index (χ0) is 23.4. The summed E-state index contributed by atoms with van der Waals surface area (Å²) in [4.78, 5) is 0. The van der Waals surface area contributed by atoms with Crippen LogP contribution in [0.5, 0.6) is 0 Å². The summed E-state index contributed by atoms with van der Waals surface area (Å²) in [6.07, 6.45) is 2.32. The lowest BCUT2D eigenvalue weighted by molar-refractivity contribution is 0.276. The zero-order valence-electron chi connectivity index (χ0n) is 19.2. The van der Waals surface area contributed by atoms with Gasteiger partial charge < -0.3 is 21.7 Å². The van der Waals surface area contributed by atoms with Crippen LogP contribution in [0, 0.1) is 6.92 Å². The number of aliphatic hydroxyl groups is 2. The van der Waals surface area contributed by atoms with Crippen molar-refractivity contribution in [3.63, 3.8) is 0 Å². The number of nitrogens with two attached hydrogens (primary N) is 2. The van der Waals surface area contributed by atoms with E-state index in [0.717, 1.165) is 5.56 Å². The Morgan fingerprint density at radius 3 is 2.00 bits per heavy atom. The quantitative estimate of drug-likeness (QED) is 0.448. The summed E-state index contributed by atoms with van der Waals surface area (Å²) in [6.45, 7) is 18.6. The van der Waals surface area contributed by atoms with Gasteiger partial charge in [0.1, 0.15) is 5.83 Å². The highest BCUT2D eigenvalue weighted by molar-refractivity contribution is 5.35. The maximum Gasteiger partial charge on any atom is 0.130 e. The van der Waals surface area contributed by atoms with Crippen LogP contribution < -0.4 is 11.5 Å². The van der Waals surface area contributed by atoms with E-state index in [-0.39, 0.29) is 19.3 Å². The van der Waals surface area contributed by atoms with Crippen LogP contribution in [0.3, 0.4) is 0 Å². The minimum absolute atomic E-state index is 0.0325. The highest BCUT2D eigenvalue weighted by atomic mass is 19.1. The Labute approximate surface area is 177 Å². The van der Waals surface area contributed by atoms with Crippen molar-refractivity contribution in [1.29, 1.82) is 0 Å². The van der Waals surface area contributed by atoms with Gasteiger partial charge in [-0.2, -0.15) is 0 Å². The van der Waals surface area contributed by atoms with Gasteiger partial charge in [-0.1, -0.05) is 76.8 Å². The number of halogens is 1. The van der Waals surface area contributed by atoms with Gasteiger partial charge in [0.2, 0.25) is 0 Å². The maximum atomic E-state index is 13.3. The van der Waals surface area contributed by atoms with Crippen LogP contribution >= 0.6 is 0 Å². The summed E-state index contributed by atoms with van der Waals surface area (Å²) >= 11 is 0.